The Hall–Kier alpha value is -3.62. The van der Waals surface area contributed by atoms with Crippen LogP contribution in [-0.4, -0.2) is 18.4 Å². The first-order valence-corrected chi connectivity index (χ1v) is 12.0. The van der Waals surface area contributed by atoms with Gasteiger partial charge in [-0.3, -0.25) is 4.72 Å². The number of aromatic nitrogens is 2. The molecule has 1 heterocycles. The summed E-state index contributed by atoms with van der Waals surface area (Å²) in [5, 5.41) is 6.90. The maximum atomic E-state index is 12.5. The Kier molecular flexibility index (Phi) is 6.48. The molecule has 0 saturated carbocycles. The summed E-state index contributed by atoms with van der Waals surface area (Å²) >= 11 is 5.84. The molecule has 33 heavy (non-hydrogen) atoms. The van der Waals surface area contributed by atoms with Crippen LogP contribution in [0.1, 0.15) is 11.3 Å². The van der Waals surface area contributed by atoms with E-state index < -0.39 is 10.0 Å². The van der Waals surface area contributed by atoms with E-state index in [2.05, 4.69) is 25.3 Å². The van der Waals surface area contributed by atoms with Gasteiger partial charge in [0, 0.05) is 33.8 Å². The molecule has 0 aliphatic rings. The lowest BCUT2D eigenvalue weighted by Gasteiger charge is -2.11. The molecule has 0 atom stereocenters. The van der Waals surface area contributed by atoms with Crippen LogP contribution in [0.15, 0.2) is 83.8 Å². The average molecular weight is 480 g/mol. The van der Waals surface area contributed by atoms with Crippen LogP contribution < -0.4 is 15.4 Å². The van der Waals surface area contributed by atoms with Crippen molar-refractivity contribution in [3.05, 3.63) is 95.1 Å². The third-order valence-corrected chi connectivity index (χ3v) is 6.34. The molecule has 0 spiro atoms. The Labute approximate surface area is 197 Å². The number of sulfonamides is 1. The van der Waals surface area contributed by atoms with Gasteiger partial charge in [0.2, 0.25) is 5.95 Å². The van der Waals surface area contributed by atoms with E-state index >= 15 is 0 Å². The molecule has 0 aliphatic heterocycles. The van der Waals surface area contributed by atoms with E-state index in [1.165, 1.54) is 29.8 Å². The number of anilines is 5. The number of hydrogen-bond acceptors (Lipinski definition) is 6. The van der Waals surface area contributed by atoms with Crippen molar-refractivity contribution in [1.82, 2.24) is 9.97 Å². The second kappa shape index (κ2) is 9.48. The lowest BCUT2D eigenvalue weighted by atomic mass is 10.2. The predicted octanol–water partition coefficient (Wildman–Crippen LogP) is 6.03. The largest absolute Gasteiger partial charge is 0.340 e. The Morgan fingerprint density at radius 2 is 1.30 bits per heavy atom. The summed E-state index contributed by atoms with van der Waals surface area (Å²) in [6.45, 7) is 3.93. The molecule has 3 aromatic carbocycles. The van der Waals surface area contributed by atoms with Crippen molar-refractivity contribution in [3.8, 4) is 0 Å². The molecule has 1 aromatic heterocycles. The van der Waals surface area contributed by atoms with Gasteiger partial charge in [-0.05, 0) is 74.5 Å². The number of aryl methyl sites for hydroxylation is 2. The van der Waals surface area contributed by atoms with E-state index in [0.29, 0.717) is 22.5 Å². The van der Waals surface area contributed by atoms with Crippen molar-refractivity contribution in [2.75, 3.05) is 15.4 Å². The third-order valence-electron chi connectivity index (χ3n) is 4.70. The topological polar surface area (TPSA) is 96.0 Å². The van der Waals surface area contributed by atoms with Crippen LogP contribution in [0, 0.1) is 13.8 Å². The van der Waals surface area contributed by atoms with Gasteiger partial charge in [-0.25, -0.2) is 13.4 Å². The monoisotopic (exact) mass is 479 g/mol. The quantitative estimate of drug-likeness (QED) is 0.299. The Morgan fingerprint density at radius 1 is 0.727 bits per heavy atom. The number of halogens is 1. The molecular formula is C24H22ClN5O2S. The summed E-state index contributed by atoms with van der Waals surface area (Å²) in [6, 6.07) is 22.7. The van der Waals surface area contributed by atoms with Gasteiger partial charge >= 0.3 is 0 Å². The molecule has 7 nitrogen and oxygen atoms in total. The van der Waals surface area contributed by atoms with Crippen LogP contribution in [0.2, 0.25) is 5.02 Å². The standard InChI is InChI=1S/C24H22ClN5O2S/c1-16-3-7-19(8-4-16)27-23-15-17(2)26-24(29-23)28-20-9-11-21(12-10-20)30-33(31,32)22-13-5-18(25)6-14-22/h3-15,30H,1-2H3,(H2,26,27,28,29). The summed E-state index contributed by atoms with van der Waals surface area (Å²) in [6.07, 6.45) is 0. The molecule has 0 unspecified atom stereocenters. The molecule has 0 fully saturated rings. The zero-order valence-corrected chi connectivity index (χ0v) is 19.6. The number of hydrogen-bond donors (Lipinski definition) is 3. The second-order valence-corrected chi connectivity index (χ2v) is 9.59. The van der Waals surface area contributed by atoms with E-state index in [1.54, 1.807) is 24.3 Å². The van der Waals surface area contributed by atoms with Crippen LogP contribution >= 0.6 is 11.6 Å². The Morgan fingerprint density at radius 3 is 1.97 bits per heavy atom. The van der Waals surface area contributed by atoms with E-state index in [4.69, 9.17) is 11.6 Å². The summed E-state index contributed by atoms with van der Waals surface area (Å²) in [5.41, 5.74) is 4.07. The fourth-order valence-electron chi connectivity index (χ4n) is 3.05. The van der Waals surface area contributed by atoms with Gasteiger partial charge in [-0.2, -0.15) is 4.98 Å². The predicted molar refractivity (Wildman–Crippen MR) is 133 cm³/mol. The van der Waals surface area contributed by atoms with Gasteiger partial charge in [0.05, 0.1) is 4.90 Å². The Bertz CT molecular complexity index is 1360. The molecule has 168 valence electrons. The molecule has 9 heteroatoms. The highest BCUT2D eigenvalue weighted by atomic mass is 35.5. The first-order valence-electron chi connectivity index (χ1n) is 10.1. The van der Waals surface area contributed by atoms with Crippen LogP contribution in [0.5, 0.6) is 0 Å². The van der Waals surface area contributed by atoms with E-state index in [1.807, 2.05) is 44.2 Å². The van der Waals surface area contributed by atoms with Gasteiger partial charge in [-0.1, -0.05) is 29.3 Å². The maximum absolute atomic E-state index is 12.5. The van der Waals surface area contributed by atoms with E-state index in [0.717, 1.165) is 17.1 Å². The van der Waals surface area contributed by atoms with Gasteiger partial charge in [0.1, 0.15) is 5.82 Å². The van der Waals surface area contributed by atoms with Crippen LogP contribution in [0.4, 0.5) is 28.8 Å². The first kappa shape index (κ1) is 22.6. The highest BCUT2D eigenvalue weighted by molar-refractivity contribution is 7.92. The molecular weight excluding hydrogens is 458 g/mol. The normalized spacial score (nSPS) is 11.1. The lowest BCUT2D eigenvalue weighted by Crippen LogP contribution is -2.12. The average Bonchev–Trinajstić information content (AvgIpc) is 2.76. The summed E-state index contributed by atoms with van der Waals surface area (Å²) in [7, 11) is -3.71. The highest BCUT2D eigenvalue weighted by Gasteiger charge is 2.14. The third kappa shape index (κ3) is 6.00. The highest BCUT2D eigenvalue weighted by Crippen LogP contribution is 2.23. The van der Waals surface area contributed by atoms with Crippen molar-refractivity contribution in [2.45, 2.75) is 18.7 Å². The van der Waals surface area contributed by atoms with Gasteiger partial charge in [-0.15, -0.1) is 0 Å². The molecule has 3 N–H and O–H groups in total. The minimum atomic E-state index is -3.71. The summed E-state index contributed by atoms with van der Waals surface area (Å²) < 4.78 is 27.6. The Balaban J connectivity index is 1.46. The first-order chi connectivity index (χ1) is 15.8. The van der Waals surface area contributed by atoms with Crippen molar-refractivity contribution in [1.29, 1.82) is 0 Å². The van der Waals surface area contributed by atoms with Gasteiger partial charge < -0.3 is 10.6 Å². The SMILES string of the molecule is Cc1ccc(Nc2cc(C)nc(Nc3ccc(NS(=O)(=O)c4ccc(Cl)cc4)cc3)n2)cc1. The van der Waals surface area contributed by atoms with Gasteiger partial charge in [0.25, 0.3) is 10.0 Å². The van der Waals surface area contributed by atoms with Crippen molar-refractivity contribution < 1.29 is 8.42 Å². The fraction of sp³-hybridized carbons (Fsp3) is 0.0833. The number of rotatable bonds is 7. The minimum Gasteiger partial charge on any atom is -0.340 e. The zero-order chi connectivity index (χ0) is 23.4. The maximum Gasteiger partial charge on any atom is 0.261 e. The molecule has 4 aromatic rings. The smallest absolute Gasteiger partial charge is 0.261 e. The fourth-order valence-corrected chi connectivity index (χ4v) is 4.24. The van der Waals surface area contributed by atoms with Crippen LogP contribution in [0.25, 0.3) is 0 Å². The van der Waals surface area contributed by atoms with Crippen molar-refractivity contribution in [2.24, 2.45) is 0 Å². The second-order valence-electron chi connectivity index (χ2n) is 7.47. The minimum absolute atomic E-state index is 0.135. The number of nitrogens with one attached hydrogen (secondary N) is 3. The van der Waals surface area contributed by atoms with E-state index in [-0.39, 0.29) is 4.90 Å². The van der Waals surface area contributed by atoms with Crippen LogP contribution in [0.3, 0.4) is 0 Å². The number of benzene rings is 3. The van der Waals surface area contributed by atoms with Crippen LogP contribution in [-0.2, 0) is 10.0 Å². The molecule has 0 radical (unpaired) electrons. The van der Waals surface area contributed by atoms with Crippen molar-refractivity contribution in [3.63, 3.8) is 0 Å². The number of nitrogens with zero attached hydrogens (tertiary/aromatic N) is 2. The van der Waals surface area contributed by atoms with Gasteiger partial charge in [0.15, 0.2) is 0 Å². The lowest BCUT2D eigenvalue weighted by molar-refractivity contribution is 0.601. The van der Waals surface area contributed by atoms with E-state index in [9.17, 15) is 8.42 Å². The molecule has 4 rings (SSSR count). The zero-order valence-electron chi connectivity index (χ0n) is 18.0. The molecule has 0 aliphatic carbocycles. The summed E-state index contributed by atoms with van der Waals surface area (Å²) in [5.74, 6) is 1.10. The van der Waals surface area contributed by atoms with Crippen molar-refractivity contribution >= 4 is 50.5 Å². The molecule has 0 amide bonds. The molecule has 0 bridgehead atoms. The summed E-state index contributed by atoms with van der Waals surface area (Å²) in [4.78, 5) is 9.08. The molecule has 0 saturated heterocycles.